The molecule has 0 bridgehead atoms. The van der Waals surface area contributed by atoms with Crippen LogP contribution < -0.4 is 0 Å². The largest absolute Gasteiger partial charge is 0.303 e. The smallest absolute Gasteiger partial charge is 0.139 e. The predicted molar refractivity (Wildman–Crippen MR) is 51.4 cm³/mol. The van der Waals surface area contributed by atoms with Crippen molar-refractivity contribution in [2.45, 2.75) is 46.0 Å². The van der Waals surface area contributed by atoms with Crippen molar-refractivity contribution >= 4 is 12.1 Å². The summed E-state index contributed by atoms with van der Waals surface area (Å²) in [6, 6.07) is 0. The summed E-state index contributed by atoms with van der Waals surface area (Å²) in [7, 11) is 0. The van der Waals surface area contributed by atoms with Gasteiger partial charge in [-0.05, 0) is 18.8 Å². The minimum absolute atomic E-state index is 0.206. The number of hydrogen-bond donors (Lipinski definition) is 0. The lowest BCUT2D eigenvalue weighted by Crippen LogP contribution is -2.37. The SMILES string of the molecule is CC(CC=O)C1(C)CCCCC1=O. The number of rotatable bonds is 3. The molecule has 13 heavy (non-hydrogen) atoms. The average Bonchev–Trinajstić information content (AvgIpc) is 2.11. The highest BCUT2D eigenvalue weighted by Gasteiger charge is 2.39. The lowest BCUT2D eigenvalue weighted by atomic mass is 9.66. The van der Waals surface area contributed by atoms with E-state index in [1.807, 2.05) is 13.8 Å². The number of carbonyl (C=O) groups excluding carboxylic acids is 2. The molecule has 0 amide bonds. The summed E-state index contributed by atoms with van der Waals surface area (Å²) in [6.07, 6.45) is 5.27. The number of carbonyl (C=O) groups is 2. The van der Waals surface area contributed by atoms with E-state index in [1.54, 1.807) is 0 Å². The van der Waals surface area contributed by atoms with Gasteiger partial charge in [0.05, 0.1) is 0 Å². The van der Waals surface area contributed by atoms with E-state index in [0.717, 1.165) is 25.5 Å². The Morgan fingerprint density at radius 1 is 1.54 bits per heavy atom. The van der Waals surface area contributed by atoms with E-state index in [-0.39, 0.29) is 11.3 Å². The average molecular weight is 182 g/mol. The van der Waals surface area contributed by atoms with Crippen LogP contribution in [0.4, 0.5) is 0 Å². The predicted octanol–water partition coefficient (Wildman–Crippen LogP) is 2.36. The van der Waals surface area contributed by atoms with Crippen LogP contribution in [-0.4, -0.2) is 12.1 Å². The first-order valence-corrected chi connectivity index (χ1v) is 5.08. The fourth-order valence-corrected chi connectivity index (χ4v) is 2.13. The molecule has 0 N–H and O–H groups in total. The maximum Gasteiger partial charge on any atom is 0.139 e. The van der Waals surface area contributed by atoms with Crippen molar-refractivity contribution in [1.29, 1.82) is 0 Å². The number of Topliss-reactive ketones (excluding diaryl/α,β-unsaturated/α-hetero) is 1. The first-order valence-electron chi connectivity index (χ1n) is 5.08. The molecule has 1 fully saturated rings. The van der Waals surface area contributed by atoms with Crippen molar-refractivity contribution in [2.24, 2.45) is 11.3 Å². The van der Waals surface area contributed by atoms with E-state index >= 15 is 0 Å². The molecule has 0 spiro atoms. The highest BCUT2D eigenvalue weighted by atomic mass is 16.1. The Kier molecular flexibility index (Phi) is 3.23. The van der Waals surface area contributed by atoms with Crippen LogP contribution in [0, 0.1) is 11.3 Å². The van der Waals surface area contributed by atoms with Crippen molar-refractivity contribution in [3.8, 4) is 0 Å². The second-order valence-electron chi connectivity index (χ2n) is 4.35. The first-order chi connectivity index (χ1) is 6.11. The van der Waals surface area contributed by atoms with E-state index in [4.69, 9.17) is 0 Å². The van der Waals surface area contributed by atoms with E-state index in [1.165, 1.54) is 0 Å². The van der Waals surface area contributed by atoms with E-state index in [2.05, 4.69) is 0 Å². The van der Waals surface area contributed by atoms with Gasteiger partial charge < -0.3 is 4.79 Å². The summed E-state index contributed by atoms with van der Waals surface area (Å²) in [5, 5.41) is 0. The van der Waals surface area contributed by atoms with E-state index in [9.17, 15) is 9.59 Å². The number of ketones is 1. The molecular weight excluding hydrogens is 164 g/mol. The van der Waals surface area contributed by atoms with Crippen LogP contribution >= 0.6 is 0 Å². The van der Waals surface area contributed by atoms with Crippen molar-refractivity contribution in [3.05, 3.63) is 0 Å². The normalized spacial score (nSPS) is 31.4. The van der Waals surface area contributed by atoms with Gasteiger partial charge in [-0.15, -0.1) is 0 Å². The minimum Gasteiger partial charge on any atom is -0.303 e. The second-order valence-corrected chi connectivity index (χ2v) is 4.35. The third-order valence-electron chi connectivity index (χ3n) is 3.52. The van der Waals surface area contributed by atoms with Gasteiger partial charge in [0.15, 0.2) is 0 Å². The molecule has 1 rings (SSSR count). The summed E-state index contributed by atoms with van der Waals surface area (Å²) in [4.78, 5) is 22.1. The lowest BCUT2D eigenvalue weighted by Gasteiger charge is -2.36. The highest BCUT2D eigenvalue weighted by Crippen LogP contribution is 2.40. The molecule has 1 aliphatic carbocycles. The van der Waals surface area contributed by atoms with Gasteiger partial charge in [-0.25, -0.2) is 0 Å². The molecule has 1 aliphatic rings. The van der Waals surface area contributed by atoms with Crippen molar-refractivity contribution in [1.82, 2.24) is 0 Å². The third kappa shape index (κ3) is 1.98. The molecule has 1 saturated carbocycles. The summed E-state index contributed by atoms with van der Waals surface area (Å²) in [6.45, 7) is 4.03. The van der Waals surface area contributed by atoms with Crippen LogP contribution in [0.15, 0.2) is 0 Å². The summed E-state index contributed by atoms with van der Waals surface area (Å²) in [5.74, 6) is 0.561. The standard InChI is InChI=1S/C11H18O2/c1-9(6-8-12)11(2)7-4-3-5-10(11)13/h8-9H,3-7H2,1-2H3. The van der Waals surface area contributed by atoms with Crippen LogP contribution in [0.25, 0.3) is 0 Å². The van der Waals surface area contributed by atoms with Crippen LogP contribution in [0.2, 0.25) is 0 Å². The Morgan fingerprint density at radius 3 is 2.77 bits per heavy atom. The summed E-state index contributed by atoms with van der Waals surface area (Å²) in [5.41, 5.74) is -0.223. The van der Waals surface area contributed by atoms with Crippen molar-refractivity contribution in [3.63, 3.8) is 0 Å². The summed E-state index contributed by atoms with van der Waals surface area (Å²) < 4.78 is 0. The van der Waals surface area contributed by atoms with Gasteiger partial charge in [0, 0.05) is 18.3 Å². The molecule has 0 aromatic rings. The molecule has 0 aromatic carbocycles. The maximum atomic E-state index is 11.7. The van der Waals surface area contributed by atoms with Crippen molar-refractivity contribution in [2.75, 3.05) is 0 Å². The van der Waals surface area contributed by atoms with Crippen LogP contribution in [0.3, 0.4) is 0 Å². The monoisotopic (exact) mass is 182 g/mol. The maximum absolute atomic E-state index is 11.7. The van der Waals surface area contributed by atoms with Gasteiger partial charge in [0.25, 0.3) is 0 Å². The minimum atomic E-state index is -0.223. The van der Waals surface area contributed by atoms with Crippen molar-refractivity contribution < 1.29 is 9.59 Å². The Morgan fingerprint density at radius 2 is 2.23 bits per heavy atom. The lowest BCUT2D eigenvalue weighted by molar-refractivity contribution is -0.133. The fraction of sp³-hybridized carbons (Fsp3) is 0.818. The Labute approximate surface area is 79.7 Å². The zero-order valence-electron chi connectivity index (χ0n) is 8.51. The van der Waals surface area contributed by atoms with Gasteiger partial charge in [-0.1, -0.05) is 20.3 Å². The molecule has 2 unspecified atom stereocenters. The molecule has 74 valence electrons. The molecule has 2 nitrogen and oxygen atoms in total. The Hall–Kier alpha value is -0.660. The molecule has 2 atom stereocenters. The molecule has 0 heterocycles. The number of aldehydes is 1. The number of hydrogen-bond acceptors (Lipinski definition) is 2. The molecular formula is C11H18O2. The fourth-order valence-electron chi connectivity index (χ4n) is 2.13. The van der Waals surface area contributed by atoms with Gasteiger partial charge in [0.1, 0.15) is 12.1 Å². The Balaban J connectivity index is 2.70. The van der Waals surface area contributed by atoms with Gasteiger partial charge in [-0.2, -0.15) is 0 Å². The molecule has 0 aliphatic heterocycles. The van der Waals surface area contributed by atoms with E-state index in [0.29, 0.717) is 18.6 Å². The highest BCUT2D eigenvalue weighted by molar-refractivity contribution is 5.85. The Bertz CT molecular complexity index is 210. The van der Waals surface area contributed by atoms with Gasteiger partial charge in [-0.3, -0.25) is 4.79 Å². The van der Waals surface area contributed by atoms with Gasteiger partial charge >= 0.3 is 0 Å². The molecule has 2 heteroatoms. The van der Waals surface area contributed by atoms with Gasteiger partial charge in [0.2, 0.25) is 0 Å². The zero-order valence-corrected chi connectivity index (χ0v) is 8.51. The topological polar surface area (TPSA) is 34.1 Å². The van der Waals surface area contributed by atoms with Crippen LogP contribution in [0.5, 0.6) is 0 Å². The second kappa shape index (κ2) is 4.03. The quantitative estimate of drug-likeness (QED) is 0.628. The zero-order chi connectivity index (χ0) is 9.90. The summed E-state index contributed by atoms with van der Waals surface area (Å²) >= 11 is 0. The molecule has 0 saturated heterocycles. The third-order valence-corrected chi connectivity index (χ3v) is 3.52. The first kappa shape index (κ1) is 10.4. The van der Waals surface area contributed by atoms with Crippen LogP contribution in [0.1, 0.15) is 46.0 Å². The molecule has 0 radical (unpaired) electrons. The van der Waals surface area contributed by atoms with Crippen LogP contribution in [-0.2, 0) is 9.59 Å². The molecule has 0 aromatic heterocycles. The van der Waals surface area contributed by atoms with E-state index < -0.39 is 0 Å².